The number of nitrogens with one attached hydrogen (secondary N) is 2. The number of methoxy groups -OCH3 is 1. The molecule has 1 atom stereocenters. The first-order valence-electron chi connectivity index (χ1n) is 9.49. The Kier molecular flexibility index (Phi) is 5.42. The van der Waals surface area contributed by atoms with E-state index in [9.17, 15) is 14.4 Å². The summed E-state index contributed by atoms with van der Waals surface area (Å²) in [6.07, 6.45) is 0.198. The molecule has 30 heavy (non-hydrogen) atoms. The first-order valence-corrected chi connectivity index (χ1v) is 9.49. The Morgan fingerprint density at radius 1 is 1.07 bits per heavy atom. The Balaban J connectivity index is 1.35. The highest BCUT2D eigenvalue weighted by molar-refractivity contribution is 5.98. The summed E-state index contributed by atoms with van der Waals surface area (Å²) in [5, 5.41) is 5.50. The van der Waals surface area contributed by atoms with Crippen molar-refractivity contribution < 1.29 is 28.6 Å². The van der Waals surface area contributed by atoms with Gasteiger partial charge in [-0.3, -0.25) is 4.79 Å². The van der Waals surface area contributed by atoms with E-state index < -0.39 is 12.0 Å². The lowest BCUT2D eigenvalue weighted by Crippen LogP contribution is -2.39. The largest absolute Gasteiger partial charge is 0.486 e. The maximum Gasteiger partial charge on any atom is 0.337 e. The van der Waals surface area contributed by atoms with Gasteiger partial charge in [0.1, 0.15) is 13.2 Å². The van der Waals surface area contributed by atoms with Gasteiger partial charge in [0.25, 0.3) is 0 Å². The molecule has 9 nitrogen and oxygen atoms in total. The van der Waals surface area contributed by atoms with Crippen molar-refractivity contribution in [3.8, 4) is 11.5 Å². The van der Waals surface area contributed by atoms with E-state index in [0.29, 0.717) is 48.2 Å². The van der Waals surface area contributed by atoms with E-state index >= 15 is 0 Å². The van der Waals surface area contributed by atoms with Crippen molar-refractivity contribution in [2.75, 3.05) is 37.1 Å². The Morgan fingerprint density at radius 2 is 1.80 bits per heavy atom. The summed E-state index contributed by atoms with van der Waals surface area (Å²) in [4.78, 5) is 37.8. The van der Waals surface area contributed by atoms with Crippen LogP contribution in [0.2, 0.25) is 0 Å². The second-order valence-corrected chi connectivity index (χ2v) is 6.90. The number of anilines is 2. The van der Waals surface area contributed by atoms with Crippen LogP contribution >= 0.6 is 0 Å². The average Bonchev–Trinajstić information content (AvgIpc) is 3.13. The third-order valence-electron chi connectivity index (χ3n) is 4.86. The molecular formula is C21H21N3O6. The van der Waals surface area contributed by atoms with E-state index in [0.717, 1.165) is 0 Å². The monoisotopic (exact) mass is 411 g/mol. The minimum atomic E-state index is -0.449. The van der Waals surface area contributed by atoms with Crippen LogP contribution in [0.4, 0.5) is 16.2 Å². The quantitative estimate of drug-likeness (QED) is 0.747. The van der Waals surface area contributed by atoms with Crippen LogP contribution in [-0.4, -0.2) is 50.8 Å². The number of esters is 1. The van der Waals surface area contributed by atoms with Crippen molar-refractivity contribution in [3.05, 3.63) is 48.0 Å². The number of fused-ring (bicyclic) bond motifs is 1. The summed E-state index contributed by atoms with van der Waals surface area (Å²) >= 11 is 0. The van der Waals surface area contributed by atoms with E-state index in [4.69, 9.17) is 9.47 Å². The standard InChI is InChI=1S/C21H21N3O6/c1-28-20(26)13-2-4-14(5-3-13)22-21(27)23-15-10-19(25)24(12-15)16-6-7-17-18(11-16)30-9-8-29-17/h2-7,11,15H,8-10,12H2,1H3,(H2,22,23,27). The molecule has 4 rings (SSSR count). The van der Waals surface area contributed by atoms with Crippen LogP contribution in [-0.2, 0) is 9.53 Å². The first kappa shape index (κ1) is 19.6. The molecule has 2 heterocycles. The van der Waals surface area contributed by atoms with Gasteiger partial charge in [0, 0.05) is 30.4 Å². The molecule has 0 aliphatic carbocycles. The van der Waals surface area contributed by atoms with Crippen LogP contribution in [0, 0.1) is 0 Å². The third-order valence-corrected chi connectivity index (χ3v) is 4.86. The number of benzene rings is 2. The van der Waals surface area contributed by atoms with E-state index in [-0.39, 0.29) is 18.4 Å². The van der Waals surface area contributed by atoms with Crippen molar-refractivity contribution in [1.82, 2.24) is 5.32 Å². The number of ether oxygens (including phenoxy) is 3. The van der Waals surface area contributed by atoms with Gasteiger partial charge in [0.05, 0.1) is 18.7 Å². The zero-order valence-corrected chi connectivity index (χ0v) is 16.3. The lowest BCUT2D eigenvalue weighted by molar-refractivity contribution is -0.117. The Bertz CT molecular complexity index is 975. The summed E-state index contributed by atoms with van der Waals surface area (Å²) in [5.74, 6) is 0.731. The minimum Gasteiger partial charge on any atom is -0.486 e. The zero-order chi connectivity index (χ0) is 21.1. The van der Waals surface area contributed by atoms with Crippen molar-refractivity contribution in [2.24, 2.45) is 0 Å². The van der Waals surface area contributed by atoms with Crippen LogP contribution in [0.3, 0.4) is 0 Å². The summed E-state index contributed by atoms with van der Waals surface area (Å²) in [6.45, 7) is 1.32. The molecule has 9 heteroatoms. The van der Waals surface area contributed by atoms with Crippen molar-refractivity contribution >= 4 is 29.3 Å². The van der Waals surface area contributed by atoms with Crippen LogP contribution in [0.5, 0.6) is 11.5 Å². The molecule has 2 aromatic rings. The predicted octanol–water partition coefficient (Wildman–Crippen LogP) is 2.17. The highest BCUT2D eigenvalue weighted by atomic mass is 16.6. The maximum absolute atomic E-state index is 12.5. The second-order valence-electron chi connectivity index (χ2n) is 6.90. The number of amides is 3. The van der Waals surface area contributed by atoms with Crippen LogP contribution < -0.4 is 25.0 Å². The van der Waals surface area contributed by atoms with Crippen LogP contribution in [0.15, 0.2) is 42.5 Å². The number of hydrogen-bond donors (Lipinski definition) is 2. The lowest BCUT2D eigenvalue weighted by atomic mass is 10.2. The SMILES string of the molecule is COC(=O)c1ccc(NC(=O)NC2CC(=O)N(c3ccc4c(c3)OCCO4)C2)cc1. The molecule has 0 spiro atoms. The van der Waals surface area contributed by atoms with Gasteiger partial charge < -0.3 is 29.7 Å². The van der Waals surface area contributed by atoms with Gasteiger partial charge in [-0.1, -0.05) is 0 Å². The van der Waals surface area contributed by atoms with Crippen molar-refractivity contribution in [2.45, 2.75) is 12.5 Å². The molecule has 0 saturated carbocycles. The fourth-order valence-electron chi connectivity index (χ4n) is 3.41. The molecule has 2 aliphatic rings. The number of rotatable bonds is 4. The average molecular weight is 411 g/mol. The Hall–Kier alpha value is -3.75. The van der Waals surface area contributed by atoms with Gasteiger partial charge in [-0.05, 0) is 36.4 Å². The second kappa shape index (κ2) is 8.32. The number of nitrogens with zero attached hydrogens (tertiary/aromatic N) is 1. The number of urea groups is 1. The maximum atomic E-state index is 12.5. The minimum absolute atomic E-state index is 0.0839. The highest BCUT2D eigenvalue weighted by Gasteiger charge is 2.32. The zero-order valence-electron chi connectivity index (χ0n) is 16.3. The summed E-state index contributed by atoms with van der Waals surface area (Å²) < 4.78 is 15.7. The molecule has 3 amide bonds. The Labute approximate surface area is 172 Å². The molecule has 0 radical (unpaired) electrons. The summed E-state index contributed by atoms with van der Waals surface area (Å²) in [6, 6.07) is 10.9. The lowest BCUT2D eigenvalue weighted by Gasteiger charge is -2.22. The van der Waals surface area contributed by atoms with Gasteiger partial charge in [-0.25, -0.2) is 9.59 Å². The predicted molar refractivity (Wildman–Crippen MR) is 108 cm³/mol. The molecule has 1 unspecified atom stereocenters. The molecule has 0 aromatic heterocycles. The fraction of sp³-hybridized carbons (Fsp3) is 0.286. The van der Waals surface area contributed by atoms with E-state index in [1.54, 1.807) is 47.4 Å². The van der Waals surface area contributed by atoms with Crippen LogP contribution in [0.1, 0.15) is 16.8 Å². The van der Waals surface area contributed by atoms with Crippen molar-refractivity contribution in [1.29, 1.82) is 0 Å². The normalized spacial score (nSPS) is 17.4. The van der Waals surface area contributed by atoms with Gasteiger partial charge >= 0.3 is 12.0 Å². The molecule has 0 bridgehead atoms. The molecule has 2 N–H and O–H groups in total. The molecular weight excluding hydrogens is 390 g/mol. The molecule has 2 aliphatic heterocycles. The smallest absolute Gasteiger partial charge is 0.337 e. The van der Waals surface area contributed by atoms with Crippen LogP contribution in [0.25, 0.3) is 0 Å². The van der Waals surface area contributed by atoms with E-state index in [2.05, 4.69) is 15.4 Å². The van der Waals surface area contributed by atoms with Gasteiger partial charge in [0.15, 0.2) is 11.5 Å². The number of carbonyl (C=O) groups is 3. The third kappa shape index (κ3) is 4.14. The summed E-state index contributed by atoms with van der Waals surface area (Å²) in [5.41, 5.74) is 1.61. The topological polar surface area (TPSA) is 106 Å². The van der Waals surface area contributed by atoms with E-state index in [1.807, 2.05) is 0 Å². The molecule has 156 valence electrons. The van der Waals surface area contributed by atoms with Gasteiger partial charge in [-0.15, -0.1) is 0 Å². The number of carbonyl (C=O) groups excluding carboxylic acids is 3. The fourth-order valence-corrected chi connectivity index (χ4v) is 3.41. The van der Waals surface area contributed by atoms with Gasteiger partial charge in [-0.2, -0.15) is 0 Å². The van der Waals surface area contributed by atoms with Crippen molar-refractivity contribution in [3.63, 3.8) is 0 Å². The summed E-state index contributed by atoms with van der Waals surface area (Å²) in [7, 11) is 1.30. The highest BCUT2D eigenvalue weighted by Crippen LogP contribution is 2.35. The number of hydrogen-bond acceptors (Lipinski definition) is 6. The van der Waals surface area contributed by atoms with E-state index in [1.165, 1.54) is 7.11 Å². The molecule has 2 aromatic carbocycles. The molecule has 1 saturated heterocycles. The first-order chi connectivity index (χ1) is 14.5. The van der Waals surface area contributed by atoms with Gasteiger partial charge in [0.2, 0.25) is 5.91 Å². The molecule has 1 fully saturated rings. The Morgan fingerprint density at radius 3 is 2.53 bits per heavy atom.